The van der Waals surface area contributed by atoms with E-state index in [0.717, 1.165) is 24.3 Å². The van der Waals surface area contributed by atoms with Gasteiger partial charge in [0, 0.05) is 0 Å². The van der Waals surface area contributed by atoms with Crippen molar-refractivity contribution in [2.45, 2.75) is 6.18 Å². The minimum absolute atomic E-state index is 0.0304. The summed E-state index contributed by atoms with van der Waals surface area (Å²) in [5.41, 5.74) is -0.839. The molecule has 72 valence electrons. The van der Waals surface area contributed by atoms with Crippen LogP contribution in [0.25, 0.3) is 0 Å². The third-order valence-corrected chi connectivity index (χ3v) is 3.09. The van der Waals surface area contributed by atoms with E-state index in [1.165, 1.54) is 0 Å². The maximum Gasteiger partial charge on any atom is 0.416 e. The highest BCUT2D eigenvalue weighted by Crippen LogP contribution is 2.30. The molecule has 0 saturated heterocycles. The van der Waals surface area contributed by atoms with E-state index in [2.05, 4.69) is 0 Å². The van der Waals surface area contributed by atoms with Gasteiger partial charge in [0.1, 0.15) is 0 Å². The van der Waals surface area contributed by atoms with Gasteiger partial charge in [0.05, 0.1) is 9.13 Å². The third-order valence-electron chi connectivity index (χ3n) is 1.35. The molecule has 0 aliphatic heterocycles. The monoisotopic (exact) mass is 304 g/mol. The quantitative estimate of drug-likeness (QED) is 0.747. The number of alkyl halides is 3. The zero-order chi connectivity index (χ0) is 10.1. The Morgan fingerprint density at radius 3 is 1.77 bits per heavy atom. The van der Waals surface area contributed by atoms with E-state index < -0.39 is 31.5 Å². The number of hydrogen-bond donors (Lipinski definition) is 0. The molecule has 13 heavy (non-hydrogen) atoms. The summed E-state index contributed by atoms with van der Waals surface area (Å²) < 4.78 is 56.7. The highest BCUT2D eigenvalue weighted by Gasteiger charge is 2.30. The normalized spacial score (nSPS) is 12.0. The first-order valence-electron chi connectivity index (χ1n) is 3.14. The third kappa shape index (κ3) is 2.64. The molecule has 0 radical (unpaired) electrons. The van der Waals surface area contributed by atoms with E-state index >= 15 is 0 Å². The van der Waals surface area contributed by atoms with Crippen molar-refractivity contribution in [2.24, 2.45) is 0 Å². The molecule has 6 heteroatoms. The fourth-order valence-corrected chi connectivity index (χ4v) is 1.69. The molecule has 1 aromatic carbocycles. The molecular formula is C7H4F3IO2. The van der Waals surface area contributed by atoms with Crippen molar-refractivity contribution >= 4 is 19.8 Å². The van der Waals surface area contributed by atoms with Crippen LogP contribution in [0.1, 0.15) is 5.56 Å². The van der Waals surface area contributed by atoms with Gasteiger partial charge >= 0.3 is 26.0 Å². The lowest BCUT2D eigenvalue weighted by Crippen LogP contribution is -2.04. The molecule has 0 fully saturated rings. The molecule has 0 aromatic heterocycles. The Labute approximate surface area is 78.9 Å². The molecule has 0 N–H and O–H groups in total. The summed E-state index contributed by atoms with van der Waals surface area (Å²) in [4.78, 5) is 0. The summed E-state index contributed by atoms with van der Waals surface area (Å²) in [6.45, 7) is 0. The van der Waals surface area contributed by atoms with Crippen LogP contribution in [0, 0.1) is 3.57 Å². The average Bonchev–Trinajstić information content (AvgIpc) is 2.03. The van der Waals surface area contributed by atoms with E-state index in [-0.39, 0.29) is 3.57 Å². The van der Waals surface area contributed by atoms with Gasteiger partial charge in [0.25, 0.3) is 0 Å². The summed E-state index contributed by atoms with van der Waals surface area (Å²) >= 11 is -3.63. The Bertz CT molecular complexity index is 356. The Balaban J connectivity index is 3.08. The molecule has 2 nitrogen and oxygen atoms in total. The molecule has 1 rings (SSSR count). The van der Waals surface area contributed by atoms with Crippen LogP contribution >= 0.6 is 19.8 Å². The molecule has 0 aliphatic rings. The van der Waals surface area contributed by atoms with Gasteiger partial charge in [-0.2, -0.15) is 13.2 Å². The lowest BCUT2D eigenvalue weighted by molar-refractivity contribution is -0.137. The lowest BCUT2D eigenvalue weighted by atomic mass is 10.2. The SMILES string of the molecule is O=I(=O)c1ccc(C(F)(F)F)cc1. The number of hydrogen-bond acceptors (Lipinski definition) is 2. The van der Waals surface area contributed by atoms with Gasteiger partial charge in [-0.05, 0) is 24.3 Å². The van der Waals surface area contributed by atoms with Crippen molar-refractivity contribution in [1.82, 2.24) is 0 Å². The van der Waals surface area contributed by atoms with Crippen molar-refractivity contribution in [2.75, 3.05) is 0 Å². The van der Waals surface area contributed by atoms with Gasteiger partial charge in [-0.25, -0.2) is 6.14 Å². The number of rotatable bonds is 1. The van der Waals surface area contributed by atoms with Gasteiger partial charge < -0.3 is 0 Å². The molecule has 1 aromatic rings. The predicted molar refractivity (Wildman–Crippen MR) is 45.5 cm³/mol. The van der Waals surface area contributed by atoms with Gasteiger partial charge in [-0.3, -0.25) is 0 Å². The highest BCUT2D eigenvalue weighted by atomic mass is 127. The number of benzene rings is 1. The smallest absolute Gasteiger partial charge is 0.230 e. The molecule has 0 aliphatic carbocycles. The van der Waals surface area contributed by atoms with Crippen LogP contribution in [0.3, 0.4) is 0 Å². The van der Waals surface area contributed by atoms with Crippen molar-refractivity contribution in [3.05, 3.63) is 33.4 Å². The van der Waals surface area contributed by atoms with Crippen molar-refractivity contribution in [3.63, 3.8) is 0 Å². The lowest BCUT2D eigenvalue weighted by Gasteiger charge is -2.04. The van der Waals surface area contributed by atoms with Crippen LogP contribution in [-0.4, -0.2) is 0 Å². The molecule has 0 heterocycles. The first-order valence-corrected chi connectivity index (χ1v) is 5.98. The molecule has 0 unspecified atom stereocenters. The Morgan fingerprint density at radius 1 is 1.00 bits per heavy atom. The van der Waals surface area contributed by atoms with E-state index in [1.54, 1.807) is 0 Å². The van der Waals surface area contributed by atoms with Gasteiger partial charge in [-0.15, -0.1) is 0 Å². The molecule has 0 spiro atoms. The standard InChI is InChI=1S/C7H4F3IO2/c8-7(9,10)5-1-3-6(4-2-5)11(12)13/h1-4H. The van der Waals surface area contributed by atoms with E-state index in [4.69, 9.17) is 0 Å². The minimum atomic E-state index is -4.41. The first kappa shape index (κ1) is 10.4. The van der Waals surface area contributed by atoms with Gasteiger partial charge in [0.2, 0.25) is 0 Å². The minimum Gasteiger partial charge on any atom is -0.230 e. The number of halogens is 4. The Hall–Kier alpha value is -0.660. The van der Waals surface area contributed by atoms with Crippen LogP contribution in [0.15, 0.2) is 24.3 Å². The van der Waals surface area contributed by atoms with Crippen LogP contribution in [-0.2, 0) is 12.3 Å². The summed E-state index contributed by atoms with van der Waals surface area (Å²) in [5, 5.41) is 0. The summed E-state index contributed by atoms with van der Waals surface area (Å²) in [6.07, 6.45) is -4.41. The first-order chi connectivity index (χ1) is 5.91. The topological polar surface area (TPSA) is 34.1 Å². The van der Waals surface area contributed by atoms with Crippen LogP contribution in [0.5, 0.6) is 0 Å². The molecule has 0 saturated carbocycles. The van der Waals surface area contributed by atoms with E-state index in [1.807, 2.05) is 0 Å². The molecular weight excluding hydrogens is 300 g/mol. The van der Waals surface area contributed by atoms with E-state index in [9.17, 15) is 19.3 Å². The second-order valence-corrected chi connectivity index (χ2v) is 4.71. The van der Waals surface area contributed by atoms with Crippen LogP contribution in [0.4, 0.5) is 13.2 Å². The highest BCUT2D eigenvalue weighted by molar-refractivity contribution is 14.2. The fourth-order valence-electron chi connectivity index (χ4n) is 0.742. The Morgan fingerprint density at radius 2 is 1.46 bits per heavy atom. The summed E-state index contributed by atoms with van der Waals surface area (Å²) in [5.74, 6) is 0. The van der Waals surface area contributed by atoms with Crippen molar-refractivity contribution in [1.29, 1.82) is 0 Å². The van der Waals surface area contributed by atoms with Gasteiger partial charge in [0.15, 0.2) is 0 Å². The predicted octanol–water partition coefficient (Wildman–Crippen LogP) is 3.07. The largest absolute Gasteiger partial charge is 0.416 e. The van der Waals surface area contributed by atoms with Crippen LogP contribution < -0.4 is 0 Å². The average molecular weight is 304 g/mol. The summed E-state index contributed by atoms with van der Waals surface area (Å²) in [6, 6.07) is 3.45. The van der Waals surface area contributed by atoms with Crippen LogP contribution in [0.2, 0.25) is 0 Å². The maximum atomic E-state index is 12.0. The zero-order valence-corrected chi connectivity index (χ0v) is 8.30. The summed E-state index contributed by atoms with van der Waals surface area (Å²) in [7, 11) is 0. The van der Waals surface area contributed by atoms with Crippen molar-refractivity contribution < 1.29 is 19.3 Å². The Kier molecular flexibility index (Phi) is 2.89. The molecule has 0 atom stereocenters. The molecule has 0 bridgehead atoms. The molecule has 0 amide bonds. The second kappa shape index (κ2) is 3.60. The van der Waals surface area contributed by atoms with Gasteiger partial charge in [-0.1, -0.05) is 0 Å². The van der Waals surface area contributed by atoms with E-state index in [0.29, 0.717) is 0 Å². The fraction of sp³-hybridized carbons (Fsp3) is 0.143. The zero-order valence-electron chi connectivity index (χ0n) is 6.14. The second-order valence-electron chi connectivity index (χ2n) is 2.22. The maximum absolute atomic E-state index is 12.0. The van der Waals surface area contributed by atoms with Crippen molar-refractivity contribution in [3.8, 4) is 0 Å².